The van der Waals surface area contributed by atoms with Crippen molar-refractivity contribution in [1.82, 2.24) is 30.9 Å². The summed E-state index contributed by atoms with van der Waals surface area (Å²) in [5.74, 6) is -0.394. The molecule has 1 amide bonds. The number of aryl methyl sites for hydroxylation is 2. The highest BCUT2D eigenvalue weighted by Gasteiger charge is 2.18. The Bertz CT molecular complexity index is 1720. The van der Waals surface area contributed by atoms with E-state index in [0.29, 0.717) is 54.7 Å². The van der Waals surface area contributed by atoms with E-state index in [1.54, 1.807) is 37.7 Å². The maximum atomic E-state index is 12.2. The average Bonchev–Trinajstić information content (AvgIpc) is 3.73. The number of carboxylic acids is 1. The van der Waals surface area contributed by atoms with Crippen molar-refractivity contribution in [3.05, 3.63) is 94.0 Å². The number of rotatable bonds is 18. The van der Waals surface area contributed by atoms with Crippen LogP contribution in [0.15, 0.2) is 60.4 Å². The van der Waals surface area contributed by atoms with E-state index in [1.807, 2.05) is 20.2 Å². The first-order valence-electron chi connectivity index (χ1n) is 20.0. The number of aldehydes is 2. The molecule has 2 atom stereocenters. The summed E-state index contributed by atoms with van der Waals surface area (Å²) in [4.78, 5) is 42.7. The van der Waals surface area contributed by atoms with E-state index >= 15 is 0 Å². The molecule has 1 aliphatic carbocycles. The first kappa shape index (κ1) is 54.5. The molecule has 0 aliphatic heterocycles. The van der Waals surface area contributed by atoms with E-state index in [9.17, 15) is 29.4 Å². The van der Waals surface area contributed by atoms with Gasteiger partial charge in [0, 0.05) is 68.3 Å². The SMILES string of the molecule is C/C=C/c1cccc(CNC)c1.CNC(CCC(=O)O)CCC(O)CNC(=O)c1cc(C)c(O)c(C)c1.CO.N=C/C(C=O)=C\N.O=CCn1cc(C2CCCCC2)nn1. The van der Waals surface area contributed by atoms with E-state index in [1.165, 1.54) is 43.2 Å². The normalized spacial score (nSPS) is 13.3. The topological polar surface area (TPSA) is 266 Å². The number of phenols is 1. The minimum atomic E-state index is -0.840. The molecule has 1 saturated carbocycles. The number of aromatic hydroxyl groups is 1. The Labute approximate surface area is 354 Å². The van der Waals surface area contributed by atoms with Crippen molar-refractivity contribution in [3.63, 3.8) is 0 Å². The highest BCUT2D eigenvalue weighted by atomic mass is 16.4. The molecule has 16 heteroatoms. The second-order valence-corrected chi connectivity index (χ2v) is 13.9. The summed E-state index contributed by atoms with van der Waals surface area (Å²) in [5.41, 5.74) is 10.4. The van der Waals surface area contributed by atoms with Gasteiger partial charge in [-0.15, -0.1) is 5.10 Å². The molecule has 60 heavy (non-hydrogen) atoms. The van der Waals surface area contributed by atoms with E-state index in [0.717, 1.165) is 38.0 Å². The standard InChI is InChI=1S/C18H28N2O5.C11H15N.C10H15N3O.C4H6N2O.CH4O/c1-11-8-13(9-12(2)17(11)24)18(25)20-10-15(21)6-4-14(19-3)5-7-16(22)23;1-3-5-10-6-4-7-11(8-10)9-12-2;14-7-6-13-8-10(11-12-13)9-4-2-1-3-5-9;5-1-4(2-6)3-7;1-2/h8-9,14-15,19,21,24H,4-7,10H2,1-3H3,(H,20,25)(H,22,23);3-8,12H,9H2,1-2H3;7-9H,1-6H2;1-3,5H,6H2;2H,1H3/b;5-3+;;4-2+,5-1?;. The molecular formula is C44H68N8O8. The van der Waals surface area contributed by atoms with Crippen LogP contribution in [-0.2, 0) is 27.5 Å². The van der Waals surface area contributed by atoms with Gasteiger partial charge < -0.3 is 52.3 Å². The van der Waals surface area contributed by atoms with E-state index in [-0.39, 0.29) is 36.2 Å². The summed E-state index contributed by atoms with van der Waals surface area (Å²) in [6, 6.07) is 11.7. The van der Waals surface area contributed by atoms with Crippen LogP contribution >= 0.6 is 0 Å². The van der Waals surface area contributed by atoms with E-state index < -0.39 is 12.1 Å². The molecule has 0 bridgehead atoms. The highest BCUT2D eigenvalue weighted by molar-refractivity contribution is 6.00. The number of aromatic nitrogens is 3. The van der Waals surface area contributed by atoms with Crippen LogP contribution in [0.3, 0.4) is 0 Å². The number of carbonyl (C=O) groups excluding carboxylic acids is 3. The third kappa shape index (κ3) is 23.1. The number of benzene rings is 2. The predicted molar refractivity (Wildman–Crippen MR) is 236 cm³/mol. The molecule has 16 nitrogen and oxygen atoms in total. The molecule has 0 radical (unpaired) electrons. The van der Waals surface area contributed by atoms with Crippen LogP contribution in [0.5, 0.6) is 5.75 Å². The zero-order valence-corrected chi connectivity index (χ0v) is 36.1. The van der Waals surface area contributed by atoms with Gasteiger partial charge in [0.15, 0.2) is 6.29 Å². The van der Waals surface area contributed by atoms with Gasteiger partial charge >= 0.3 is 5.97 Å². The number of hydrogen-bond acceptors (Lipinski definition) is 13. The first-order chi connectivity index (χ1) is 28.8. The smallest absolute Gasteiger partial charge is 0.303 e. The Morgan fingerprint density at radius 1 is 1.03 bits per heavy atom. The molecule has 0 spiro atoms. The summed E-state index contributed by atoms with van der Waals surface area (Å²) in [6.45, 7) is 6.86. The number of aliphatic hydroxyl groups excluding tert-OH is 2. The molecule has 10 N–H and O–H groups in total. The molecular weight excluding hydrogens is 769 g/mol. The van der Waals surface area contributed by atoms with Gasteiger partial charge in [0.2, 0.25) is 0 Å². The molecule has 4 rings (SSSR count). The fraction of sp³-hybridized carbons (Fsp3) is 0.477. The van der Waals surface area contributed by atoms with E-state index in [2.05, 4.69) is 62.7 Å². The van der Waals surface area contributed by atoms with Crippen LogP contribution in [0.4, 0.5) is 0 Å². The lowest BCUT2D eigenvalue weighted by Gasteiger charge is -2.18. The first-order valence-corrected chi connectivity index (χ1v) is 20.0. The number of phenolic OH excluding ortho intramolecular Hbond substituents is 1. The molecule has 2 aromatic carbocycles. The molecule has 1 aliphatic rings. The van der Waals surface area contributed by atoms with Gasteiger partial charge in [-0.3, -0.25) is 14.4 Å². The van der Waals surface area contributed by atoms with Crippen molar-refractivity contribution in [1.29, 1.82) is 5.41 Å². The predicted octanol–water partition coefficient (Wildman–Crippen LogP) is 4.58. The Kier molecular flexibility index (Phi) is 30.2. The molecule has 0 saturated heterocycles. The minimum Gasteiger partial charge on any atom is -0.507 e. The second-order valence-electron chi connectivity index (χ2n) is 13.9. The van der Waals surface area contributed by atoms with Crippen LogP contribution in [0.25, 0.3) is 6.08 Å². The third-order valence-corrected chi connectivity index (χ3v) is 9.24. The van der Waals surface area contributed by atoms with Crippen LogP contribution in [-0.4, -0.2) is 106 Å². The lowest BCUT2D eigenvalue weighted by atomic mass is 9.87. The summed E-state index contributed by atoms with van der Waals surface area (Å²) < 4.78 is 1.61. The molecule has 1 aromatic heterocycles. The Hall–Kier alpha value is -5.55. The Balaban J connectivity index is 0.000000838. The quantitative estimate of drug-likeness (QED) is 0.0483. The molecule has 1 heterocycles. The number of allylic oxidation sites excluding steroid dienone is 2. The maximum absolute atomic E-state index is 12.2. The van der Waals surface area contributed by atoms with Crippen molar-refractivity contribution in [2.24, 2.45) is 5.73 Å². The molecule has 2 unspecified atom stereocenters. The van der Waals surface area contributed by atoms with Crippen LogP contribution in [0, 0.1) is 19.3 Å². The Morgan fingerprint density at radius 2 is 1.70 bits per heavy atom. The number of nitrogens with two attached hydrogens (primary N) is 1. The van der Waals surface area contributed by atoms with Crippen molar-refractivity contribution < 1.29 is 39.6 Å². The summed E-state index contributed by atoms with van der Waals surface area (Å²) in [5, 5.41) is 58.8. The number of nitrogens with zero attached hydrogens (tertiary/aromatic N) is 3. The lowest BCUT2D eigenvalue weighted by molar-refractivity contribution is -0.137. The van der Waals surface area contributed by atoms with Crippen LogP contribution < -0.4 is 21.7 Å². The Morgan fingerprint density at radius 3 is 2.22 bits per heavy atom. The number of aliphatic carboxylic acids is 1. The van der Waals surface area contributed by atoms with Gasteiger partial charge in [-0.1, -0.05) is 60.9 Å². The number of hydrogen-bond donors (Lipinski definition) is 9. The number of nitrogens with one attached hydrogen (secondary N) is 4. The number of carbonyl (C=O) groups is 4. The fourth-order valence-corrected chi connectivity index (χ4v) is 6.02. The van der Waals surface area contributed by atoms with Gasteiger partial charge in [-0.25, -0.2) is 4.68 Å². The molecule has 1 fully saturated rings. The molecule has 3 aromatic rings. The largest absolute Gasteiger partial charge is 0.507 e. The van der Waals surface area contributed by atoms with Gasteiger partial charge in [0.05, 0.1) is 18.3 Å². The van der Waals surface area contributed by atoms with Crippen molar-refractivity contribution in [2.75, 3.05) is 27.7 Å². The number of amides is 1. The lowest BCUT2D eigenvalue weighted by Crippen LogP contribution is -2.34. The summed E-state index contributed by atoms with van der Waals surface area (Å²) >= 11 is 0. The second kappa shape index (κ2) is 33.3. The summed E-state index contributed by atoms with van der Waals surface area (Å²) in [7, 11) is 4.72. The zero-order chi connectivity index (χ0) is 45.3. The van der Waals surface area contributed by atoms with Gasteiger partial charge in [-0.05, 0) is 101 Å². The minimum absolute atomic E-state index is 0.0175. The number of aliphatic hydroxyl groups is 2. The van der Waals surface area contributed by atoms with E-state index in [4.69, 9.17) is 21.4 Å². The molecule has 332 valence electrons. The number of carboxylic acid groups (broad SMARTS) is 1. The summed E-state index contributed by atoms with van der Waals surface area (Å²) in [6.07, 6.45) is 16.8. The highest BCUT2D eigenvalue weighted by Crippen LogP contribution is 2.31. The fourth-order valence-electron chi connectivity index (χ4n) is 6.02. The third-order valence-electron chi connectivity index (χ3n) is 9.24. The van der Waals surface area contributed by atoms with Crippen LogP contribution in [0.2, 0.25) is 0 Å². The van der Waals surface area contributed by atoms with Gasteiger partial charge in [-0.2, -0.15) is 0 Å². The average molecular weight is 837 g/mol. The maximum Gasteiger partial charge on any atom is 0.303 e. The van der Waals surface area contributed by atoms with Crippen LogP contribution in [0.1, 0.15) is 109 Å². The van der Waals surface area contributed by atoms with Crippen molar-refractivity contribution in [2.45, 2.75) is 110 Å². The van der Waals surface area contributed by atoms with Crippen molar-refractivity contribution >= 4 is 36.7 Å². The van der Waals surface area contributed by atoms with Crippen molar-refractivity contribution in [3.8, 4) is 5.75 Å². The monoisotopic (exact) mass is 837 g/mol. The van der Waals surface area contributed by atoms with Gasteiger partial charge in [0.1, 0.15) is 12.0 Å². The van der Waals surface area contributed by atoms with Gasteiger partial charge in [0.25, 0.3) is 5.91 Å². The zero-order valence-electron chi connectivity index (χ0n) is 36.1.